The highest BCUT2D eigenvalue weighted by Crippen LogP contribution is 2.13. The molecule has 16 heavy (non-hydrogen) atoms. The summed E-state index contributed by atoms with van der Waals surface area (Å²) >= 11 is 0. The van der Waals surface area contributed by atoms with Crippen molar-refractivity contribution in [2.45, 2.75) is 52.0 Å². The molecule has 0 bridgehead atoms. The van der Waals surface area contributed by atoms with Crippen molar-refractivity contribution in [3.63, 3.8) is 0 Å². The fourth-order valence-electron chi connectivity index (χ4n) is 1.46. The zero-order chi connectivity index (χ0) is 12.2. The van der Waals surface area contributed by atoms with E-state index in [2.05, 4.69) is 38.6 Å². The molecule has 0 N–H and O–H groups in total. The van der Waals surface area contributed by atoms with Gasteiger partial charge in [0, 0.05) is 26.4 Å². The number of hydrogen-bond acceptors (Lipinski definition) is 2. The molecule has 1 aromatic rings. The molecule has 0 aliphatic heterocycles. The Hall–Kier alpha value is -0.773. The van der Waals surface area contributed by atoms with Crippen molar-refractivity contribution in [1.82, 2.24) is 9.78 Å². The lowest BCUT2D eigenvalue weighted by atomic mass is 10.4. The quantitative estimate of drug-likeness (QED) is 0.561. The van der Waals surface area contributed by atoms with Crippen LogP contribution >= 0.6 is 0 Å². The SMILES string of the molecule is CC(C)n1ccc(OCCC[Si](C)(C)C)n1. The Morgan fingerprint density at radius 1 is 1.38 bits per heavy atom. The Bertz CT molecular complexity index is 315. The van der Waals surface area contributed by atoms with E-state index in [1.807, 2.05) is 16.9 Å². The summed E-state index contributed by atoms with van der Waals surface area (Å²) in [6.07, 6.45) is 3.11. The van der Waals surface area contributed by atoms with Crippen molar-refractivity contribution in [3.05, 3.63) is 12.3 Å². The molecule has 3 nitrogen and oxygen atoms in total. The van der Waals surface area contributed by atoms with Gasteiger partial charge in [0.1, 0.15) is 0 Å². The molecule has 0 saturated carbocycles. The van der Waals surface area contributed by atoms with Crippen LogP contribution in [-0.4, -0.2) is 24.5 Å². The summed E-state index contributed by atoms with van der Waals surface area (Å²) in [4.78, 5) is 0. The van der Waals surface area contributed by atoms with Crippen LogP contribution in [0.1, 0.15) is 26.3 Å². The van der Waals surface area contributed by atoms with Gasteiger partial charge in [-0.2, -0.15) is 0 Å². The summed E-state index contributed by atoms with van der Waals surface area (Å²) in [6.45, 7) is 12.2. The van der Waals surface area contributed by atoms with Gasteiger partial charge in [0.2, 0.25) is 5.88 Å². The second-order valence-corrected chi connectivity index (χ2v) is 11.4. The molecule has 0 aromatic carbocycles. The zero-order valence-electron chi connectivity index (χ0n) is 11.2. The maximum atomic E-state index is 5.62. The average molecular weight is 240 g/mol. The highest BCUT2D eigenvalue weighted by molar-refractivity contribution is 6.76. The average Bonchev–Trinajstić information content (AvgIpc) is 2.59. The lowest BCUT2D eigenvalue weighted by Crippen LogP contribution is -2.20. The van der Waals surface area contributed by atoms with Gasteiger partial charge in [-0.15, -0.1) is 5.10 Å². The van der Waals surface area contributed by atoms with E-state index in [4.69, 9.17) is 4.74 Å². The maximum absolute atomic E-state index is 5.62. The third kappa shape index (κ3) is 4.83. The summed E-state index contributed by atoms with van der Waals surface area (Å²) < 4.78 is 7.55. The van der Waals surface area contributed by atoms with Crippen LogP contribution in [0.2, 0.25) is 25.7 Å². The van der Waals surface area contributed by atoms with Crippen molar-refractivity contribution in [3.8, 4) is 5.88 Å². The minimum atomic E-state index is -0.914. The van der Waals surface area contributed by atoms with Crippen molar-refractivity contribution < 1.29 is 4.74 Å². The molecule has 0 unspecified atom stereocenters. The van der Waals surface area contributed by atoms with Crippen molar-refractivity contribution >= 4 is 8.07 Å². The number of nitrogens with zero attached hydrogens (tertiary/aromatic N) is 2. The standard InChI is InChI=1S/C12H24N2OSi/c1-11(2)14-8-7-12(13-14)15-9-6-10-16(3,4)5/h7-8,11H,6,9-10H2,1-5H3. The van der Waals surface area contributed by atoms with Gasteiger partial charge in [-0.1, -0.05) is 25.7 Å². The van der Waals surface area contributed by atoms with Gasteiger partial charge in [-0.05, 0) is 20.3 Å². The zero-order valence-corrected chi connectivity index (χ0v) is 12.2. The first kappa shape index (κ1) is 13.3. The Labute approximate surface area is 99.8 Å². The normalized spacial score (nSPS) is 12.1. The molecule has 1 aromatic heterocycles. The molecule has 0 saturated heterocycles. The van der Waals surface area contributed by atoms with Crippen LogP contribution < -0.4 is 4.74 Å². The summed E-state index contributed by atoms with van der Waals surface area (Å²) in [5, 5.41) is 4.35. The summed E-state index contributed by atoms with van der Waals surface area (Å²) in [5.41, 5.74) is 0. The summed E-state index contributed by atoms with van der Waals surface area (Å²) in [6, 6.07) is 3.66. The van der Waals surface area contributed by atoms with Gasteiger partial charge in [0.25, 0.3) is 0 Å². The number of hydrogen-bond donors (Lipinski definition) is 0. The molecule has 0 atom stereocenters. The van der Waals surface area contributed by atoms with Crippen LogP contribution in [0.4, 0.5) is 0 Å². The molecule has 0 aliphatic rings. The fourth-order valence-corrected chi connectivity index (χ4v) is 2.67. The molecule has 0 aliphatic carbocycles. The minimum absolute atomic E-state index is 0.402. The van der Waals surface area contributed by atoms with Gasteiger partial charge in [-0.3, -0.25) is 4.68 Å². The van der Waals surface area contributed by atoms with Crippen LogP contribution in [0, 0.1) is 0 Å². The summed E-state index contributed by atoms with van der Waals surface area (Å²) in [5.74, 6) is 0.754. The van der Waals surface area contributed by atoms with Gasteiger partial charge >= 0.3 is 0 Å². The lowest BCUT2D eigenvalue weighted by Gasteiger charge is -2.14. The first-order valence-corrected chi connectivity index (χ1v) is 9.77. The maximum Gasteiger partial charge on any atom is 0.232 e. The third-order valence-electron chi connectivity index (χ3n) is 2.43. The van der Waals surface area contributed by atoms with E-state index in [-0.39, 0.29) is 0 Å². The Kier molecular flexibility index (Phi) is 4.59. The second kappa shape index (κ2) is 5.52. The number of aromatic nitrogens is 2. The van der Waals surface area contributed by atoms with E-state index in [1.165, 1.54) is 6.04 Å². The minimum Gasteiger partial charge on any atom is -0.477 e. The van der Waals surface area contributed by atoms with Crippen LogP contribution in [-0.2, 0) is 0 Å². The van der Waals surface area contributed by atoms with E-state index in [9.17, 15) is 0 Å². The Morgan fingerprint density at radius 2 is 2.06 bits per heavy atom. The highest BCUT2D eigenvalue weighted by atomic mass is 28.3. The van der Waals surface area contributed by atoms with Gasteiger partial charge in [-0.25, -0.2) is 0 Å². The third-order valence-corrected chi connectivity index (χ3v) is 4.29. The molecule has 4 heteroatoms. The van der Waals surface area contributed by atoms with E-state index < -0.39 is 8.07 Å². The first-order chi connectivity index (χ1) is 7.38. The van der Waals surface area contributed by atoms with Gasteiger partial charge in [0.05, 0.1) is 6.61 Å². The number of ether oxygens (including phenoxy) is 1. The monoisotopic (exact) mass is 240 g/mol. The van der Waals surface area contributed by atoms with Crippen LogP contribution in [0.25, 0.3) is 0 Å². The predicted molar refractivity (Wildman–Crippen MR) is 70.9 cm³/mol. The molecular formula is C12H24N2OSi. The molecular weight excluding hydrogens is 216 g/mol. The molecule has 0 fully saturated rings. The van der Waals surface area contributed by atoms with Crippen molar-refractivity contribution in [2.75, 3.05) is 6.61 Å². The van der Waals surface area contributed by atoms with E-state index >= 15 is 0 Å². The predicted octanol–water partition coefficient (Wildman–Crippen LogP) is 3.57. The molecule has 0 radical (unpaired) electrons. The van der Waals surface area contributed by atoms with Crippen LogP contribution in [0.3, 0.4) is 0 Å². The molecule has 1 heterocycles. The smallest absolute Gasteiger partial charge is 0.232 e. The largest absolute Gasteiger partial charge is 0.477 e. The van der Waals surface area contributed by atoms with Crippen LogP contribution in [0.5, 0.6) is 5.88 Å². The lowest BCUT2D eigenvalue weighted by molar-refractivity contribution is 0.298. The topological polar surface area (TPSA) is 27.1 Å². The van der Waals surface area contributed by atoms with E-state index in [0.717, 1.165) is 18.9 Å². The molecule has 0 amide bonds. The summed E-state index contributed by atoms with van der Waals surface area (Å²) in [7, 11) is -0.914. The van der Waals surface area contributed by atoms with Gasteiger partial charge < -0.3 is 4.74 Å². The second-order valence-electron chi connectivity index (χ2n) is 5.74. The van der Waals surface area contributed by atoms with Crippen molar-refractivity contribution in [1.29, 1.82) is 0 Å². The number of rotatable bonds is 6. The fraction of sp³-hybridized carbons (Fsp3) is 0.750. The van der Waals surface area contributed by atoms with E-state index in [0.29, 0.717) is 6.04 Å². The first-order valence-electron chi connectivity index (χ1n) is 6.06. The van der Waals surface area contributed by atoms with Crippen molar-refractivity contribution in [2.24, 2.45) is 0 Å². The van der Waals surface area contributed by atoms with E-state index in [1.54, 1.807) is 0 Å². The Morgan fingerprint density at radius 3 is 2.56 bits per heavy atom. The van der Waals surface area contributed by atoms with Crippen LogP contribution in [0.15, 0.2) is 12.3 Å². The molecule has 1 rings (SSSR count). The molecule has 0 spiro atoms. The molecule has 92 valence electrons. The van der Waals surface area contributed by atoms with Gasteiger partial charge in [0.15, 0.2) is 0 Å². The Balaban J connectivity index is 2.27. The highest BCUT2D eigenvalue weighted by Gasteiger charge is 2.12.